The van der Waals surface area contributed by atoms with E-state index in [9.17, 15) is 0 Å². The van der Waals surface area contributed by atoms with Crippen LogP contribution in [0.25, 0.3) is 0 Å². The number of hydrogen-bond acceptors (Lipinski definition) is 2. The van der Waals surface area contributed by atoms with E-state index in [0.29, 0.717) is 18.1 Å². The fraction of sp³-hybridized carbons (Fsp3) is 0.667. The average Bonchev–Trinajstić information content (AvgIpc) is 2.92. The van der Waals surface area contributed by atoms with Crippen LogP contribution < -0.4 is 5.32 Å². The molecule has 1 saturated carbocycles. The predicted molar refractivity (Wildman–Crippen MR) is 82.1 cm³/mol. The first-order chi connectivity index (χ1) is 9.66. The minimum absolute atomic E-state index is 0.254. The van der Waals surface area contributed by atoms with Gasteiger partial charge in [-0.05, 0) is 55.4 Å². The van der Waals surface area contributed by atoms with Gasteiger partial charge in [-0.2, -0.15) is 0 Å². The minimum atomic E-state index is 0.254. The molecule has 20 heavy (non-hydrogen) atoms. The van der Waals surface area contributed by atoms with Crippen LogP contribution in [0.2, 0.25) is 0 Å². The van der Waals surface area contributed by atoms with Crippen LogP contribution in [0.4, 0.5) is 5.69 Å². The second-order valence-corrected chi connectivity index (χ2v) is 7.38. The Balaban J connectivity index is 1.54. The molecule has 0 bridgehead atoms. The molecule has 2 heteroatoms. The van der Waals surface area contributed by atoms with Crippen LogP contribution in [-0.4, -0.2) is 18.8 Å². The van der Waals surface area contributed by atoms with Crippen molar-refractivity contribution in [3.05, 3.63) is 29.3 Å². The van der Waals surface area contributed by atoms with Gasteiger partial charge in [0.25, 0.3) is 0 Å². The van der Waals surface area contributed by atoms with Crippen molar-refractivity contribution < 1.29 is 4.74 Å². The van der Waals surface area contributed by atoms with Gasteiger partial charge in [-0.15, -0.1) is 0 Å². The van der Waals surface area contributed by atoms with Crippen molar-refractivity contribution in [2.75, 3.05) is 11.9 Å². The molecule has 1 heterocycles. The van der Waals surface area contributed by atoms with Gasteiger partial charge < -0.3 is 10.1 Å². The first kappa shape index (κ1) is 12.7. The lowest BCUT2D eigenvalue weighted by Crippen LogP contribution is -2.67. The minimum Gasteiger partial charge on any atom is -0.381 e. The summed E-state index contributed by atoms with van der Waals surface area (Å²) in [6.07, 6.45) is 6.85. The Kier molecular flexibility index (Phi) is 2.85. The zero-order chi connectivity index (χ0) is 13.7. The Morgan fingerprint density at radius 3 is 2.90 bits per heavy atom. The second-order valence-electron chi connectivity index (χ2n) is 7.38. The lowest BCUT2D eigenvalue weighted by Gasteiger charge is -2.60. The van der Waals surface area contributed by atoms with Gasteiger partial charge >= 0.3 is 0 Å². The third-order valence-electron chi connectivity index (χ3n) is 5.75. The molecular weight excluding hydrogens is 246 g/mol. The first-order valence-corrected chi connectivity index (χ1v) is 8.16. The van der Waals surface area contributed by atoms with Crippen molar-refractivity contribution in [1.82, 2.24) is 0 Å². The molecule has 0 radical (unpaired) electrons. The molecule has 3 atom stereocenters. The fourth-order valence-corrected chi connectivity index (χ4v) is 4.66. The van der Waals surface area contributed by atoms with E-state index in [2.05, 4.69) is 37.4 Å². The molecule has 0 spiro atoms. The van der Waals surface area contributed by atoms with E-state index in [1.165, 1.54) is 37.8 Å². The number of ether oxygens (including phenoxy) is 1. The topological polar surface area (TPSA) is 21.3 Å². The molecule has 1 aromatic carbocycles. The number of anilines is 1. The zero-order valence-corrected chi connectivity index (χ0v) is 12.6. The van der Waals surface area contributed by atoms with E-state index in [-0.39, 0.29) is 5.41 Å². The van der Waals surface area contributed by atoms with E-state index in [0.717, 1.165) is 6.61 Å². The highest BCUT2D eigenvalue weighted by Crippen LogP contribution is 2.52. The summed E-state index contributed by atoms with van der Waals surface area (Å²) in [5.74, 6) is 0.701. The molecule has 4 rings (SSSR count). The van der Waals surface area contributed by atoms with Gasteiger partial charge in [0.1, 0.15) is 0 Å². The number of hydrogen-bond donors (Lipinski definition) is 1. The molecule has 1 aromatic rings. The van der Waals surface area contributed by atoms with Gasteiger partial charge in [0, 0.05) is 29.7 Å². The monoisotopic (exact) mass is 271 g/mol. The molecule has 1 saturated heterocycles. The van der Waals surface area contributed by atoms with Crippen LogP contribution in [0.3, 0.4) is 0 Å². The van der Waals surface area contributed by atoms with Crippen LogP contribution in [0.5, 0.6) is 0 Å². The summed E-state index contributed by atoms with van der Waals surface area (Å²) in [4.78, 5) is 0. The summed E-state index contributed by atoms with van der Waals surface area (Å²) in [6.45, 7) is 5.66. The van der Waals surface area contributed by atoms with Crippen molar-refractivity contribution in [2.24, 2.45) is 11.3 Å². The number of nitrogens with one attached hydrogen (secondary N) is 1. The quantitative estimate of drug-likeness (QED) is 0.883. The summed E-state index contributed by atoms with van der Waals surface area (Å²) in [7, 11) is 0. The lowest BCUT2D eigenvalue weighted by molar-refractivity contribution is -0.177. The third kappa shape index (κ3) is 1.81. The van der Waals surface area contributed by atoms with Crippen LogP contribution in [0.15, 0.2) is 18.2 Å². The molecule has 108 valence electrons. The highest BCUT2D eigenvalue weighted by molar-refractivity contribution is 5.51. The van der Waals surface area contributed by atoms with Gasteiger partial charge in [0.2, 0.25) is 0 Å². The smallest absolute Gasteiger partial charge is 0.0693 e. The van der Waals surface area contributed by atoms with Crippen LogP contribution in [0, 0.1) is 11.3 Å². The number of benzene rings is 1. The summed E-state index contributed by atoms with van der Waals surface area (Å²) in [5.41, 5.74) is 4.68. The highest BCUT2D eigenvalue weighted by atomic mass is 16.5. The molecule has 3 unspecified atom stereocenters. The molecule has 0 aromatic heterocycles. The van der Waals surface area contributed by atoms with Crippen LogP contribution >= 0.6 is 0 Å². The van der Waals surface area contributed by atoms with Crippen molar-refractivity contribution in [3.8, 4) is 0 Å². The average molecular weight is 271 g/mol. The van der Waals surface area contributed by atoms with Gasteiger partial charge in [0.15, 0.2) is 0 Å². The summed E-state index contributed by atoms with van der Waals surface area (Å²) in [6, 6.07) is 7.55. The van der Waals surface area contributed by atoms with Crippen molar-refractivity contribution in [2.45, 2.75) is 58.1 Å². The fourth-order valence-electron chi connectivity index (χ4n) is 4.66. The Hall–Kier alpha value is -1.02. The molecule has 1 N–H and O–H groups in total. The Labute approximate surface area is 121 Å². The van der Waals surface area contributed by atoms with E-state index in [4.69, 9.17) is 4.74 Å². The summed E-state index contributed by atoms with van der Waals surface area (Å²) in [5, 5.41) is 3.82. The Morgan fingerprint density at radius 1 is 1.15 bits per heavy atom. The van der Waals surface area contributed by atoms with Gasteiger partial charge in [-0.25, -0.2) is 0 Å². The Bertz CT molecular complexity index is 522. The first-order valence-electron chi connectivity index (χ1n) is 8.16. The largest absolute Gasteiger partial charge is 0.381 e. The van der Waals surface area contributed by atoms with Crippen LogP contribution in [-0.2, 0) is 17.6 Å². The van der Waals surface area contributed by atoms with Gasteiger partial charge in [-0.1, -0.05) is 19.9 Å². The van der Waals surface area contributed by atoms with E-state index < -0.39 is 0 Å². The molecule has 2 fully saturated rings. The highest BCUT2D eigenvalue weighted by Gasteiger charge is 2.57. The van der Waals surface area contributed by atoms with E-state index in [1.54, 1.807) is 11.1 Å². The predicted octanol–water partition coefficient (Wildman–Crippen LogP) is 3.79. The number of aryl methyl sites for hydroxylation is 2. The molecule has 3 aliphatic rings. The summed E-state index contributed by atoms with van der Waals surface area (Å²) >= 11 is 0. The van der Waals surface area contributed by atoms with Gasteiger partial charge in [-0.3, -0.25) is 0 Å². The number of rotatable bonds is 2. The van der Waals surface area contributed by atoms with Crippen molar-refractivity contribution in [3.63, 3.8) is 0 Å². The van der Waals surface area contributed by atoms with E-state index >= 15 is 0 Å². The van der Waals surface area contributed by atoms with Crippen molar-refractivity contribution >= 4 is 5.69 Å². The third-order valence-corrected chi connectivity index (χ3v) is 5.75. The molecular formula is C18H25NO. The van der Waals surface area contributed by atoms with E-state index in [1.807, 2.05) is 0 Å². The molecule has 1 aliphatic heterocycles. The van der Waals surface area contributed by atoms with Crippen molar-refractivity contribution in [1.29, 1.82) is 0 Å². The number of fused-ring (bicyclic) bond motifs is 2. The summed E-state index contributed by atoms with van der Waals surface area (Å²) < 4.78 is 5.99. The lowest BCUT2D eigenvalue weighted by atomic mass is 9.55. The zero-order valence-electron chi connectivity index (χ0n) is 12.6. The maximum atomic E-state index is 5.99. The molecule has 2 nitrogen and oxygen atoms in total. The SMILES string of the molecule is CC1(C)C(Nc2ccc3c(c2)CCC3)C2CCCOC21. The standard InChI is InChI=1S/C18H25NO/c1-18(2)16(15-7-4-10-20-17(15)18)19-14-9-8-12-5-3-6-13(12)11-14/h8-9,11,15-17,19H,3-7,10H2,1-2H3. The normalized spacial score (nSPS) is 34.0. The maximum Gasteiger partial charge on any atom is 0.0693 e. The van der Waals surface area contributed by atoms with Gasteiger partial charge in [0.05, 0.1) is 6.10 Å². The molecule has 2 aliphatic carbocycles. The second kappa shape index (κ2) is 4.49. The maximum absolute atomic E-state index is 5.99. The van der Waals surface area contributed by atoms with Crippen LogP contribution in [0.1, 0.15) is 44.2 Å². The Morgan fingerprint density at radius 2 is 2.00 bits per heavy atom. The molecule has 0 amide bonds.